The number of unbranched alkanes of at least 4 members (excludes halogenated alkanes) is 10. The van der Waals surface area contributed by atoms with Gasteiger partial charge in [-0.05, 0) is 35.9 Å². The molecule has 0 aliphatic heterocycles. The van der Waals surface area contributed by atoms with E-state index in [1.54, 1.807) is 18.0 Å². The van der Waals surface area contributed by atoms with E-state index in [-0.39, 0.29) is 4.92 Å². The predicted molar refractivity (Wildman–Crippen MR) is 212 cm³/mol. The SMILES string of the molecule is CCC[CH2][Sn]([CH2]CCC)([CH2]CCC)[c]1ccc(OCCCCCCCCCCNSc2cccc3c(N(C)C)cccc23)cc1[N+](=O)[O-]. The molecule has 48 heavy (non-hydrogen) atoms. The monoisotopic (exact) mass is 785 g/mol. The number of anilines is 1. The summed E-state index contributed by atoms with van der Waals surface area (Å²) < 4.78 is 14.5. The number of benzene rings is 3. The van der Waals surface area contributed by atoms with Gasteiger partial charge in [-0.15, -0.1) is 0 Å². The van der Waals surface area contributed by atoms with E-state index in [0.29, 0.717) is 18.0 Å². The molecule has 3 aromatic carbocycles. The number of nitrogens with zero attached hydrogens (tertiary/aromatic N) is 2. The van der Waals surface area contributed by atoms with Gasteiger partial charge in [-0.1, -0.05) is 30.7 Å². The number of hydrogen-bond acceptors (Lipinski definition) is 6. The van der Waals surface area contributed by atoms with E-state index >= 15 is 0 Å². The molecule has 0 aliphatic carbocycles. The van der Waals surface area contributed by atoms with Crippen LogP contribution in [0.15, 0.2) is 59.5 Å². The first-order chi connectivity index (χ1) is 23.4. The summed E-state index contributed by atoms with van der Waals surface area (Å²) >= 11 is -1.16. The Hall–Kier alpha value is -1.97. The van der Waals surface area contributed by atoms with Crippen LogP contribution in [0, 0.1) is 10.1 Å². The molecule has 0 unspecified atom stereocenters. The van der Waals surface area contributed by atoms with Crippen LogP contribution < -0.4 is 17.9 Å². The van der Waals surface area contributed by atoms with Crippen LogP contribution in [0.4, 0.5) is 11.4 Å². The summed E-state index contributed by atoms with van der Waals surface area (Å²) in [5, 5.41) is 14.9. The Labute approximate surface area is 300 Å². The average molecular weight is 785 g/mol. The molecule has 6 nitrogen and oxygen atoms in total. The Morgan fingerprint density at radius 1 is 0.750 bits per heavy atom. The molecule has 0 bridgehead atoms. The minimum absolute atomic E-state index is 0.127. The third-order valence-electron chi connectivity index (χ3n) is 9.73. The fourth-order valence-electron chi connectivity index (χ4n) is 6.95. The number of nitrogens with one attached hydrogen (secondary N) is 1. The van der Waals surface area contributed by atoms with E-state index in [1.165, 1.54) is 92.5 Å². The maximum atomic E-state index is 12.3. The Morgan fingerprint density at radius 3 is 1.94 bits per heavy atom. The van der Waals surface area contributed by atoms with E-state index in [1.807, 2.05) is 6.07 Å². The first kappa shape index (κ1) is 40.5. The van der Waals surface area contributed by atoms with Crippen LogP contribution in [0.5, 0.6) is 5.75 Å². The van der Waals surface area contributed by atoms with Crippen molar-refractivity contribution in [2.75, 3.05) is 32.1 Å². The van der Waals surface area contributed by atoms with Gasteiger partial charge in [0.25, 0.3) is 0 Å². The molecule has 0 spiro atoms. The molecule has 3 rings (SSSR count). The predicted octanol–water partition coefficient (Wildman–Crippen LogP) is 11.7. The molecule has 3 aromatic rings. The van der Waals surface area contributed by atoms with Gasteiger partial charge in [0.1, 0.15) is 0 Å². The summed E-state index contributed by atoms with van der Waals surface area (Å²) in [6.07, 6.45) is 16.7. The molecule has 0 amide bonds. The summed E-state index contributed by atoms with van der Waals surface area (Å²) in [7, 11) is 4.20. The molecule has 0 atom stereocenters. The van der Waals surface area contributed by atoms with Crippen LogP contribution in [0.25, 0.3) is 10.8 Å². The number of fused-ring (bicyclic) bond motifs is 1. The van der Waals surface area contributed by atoms with Gasteiger partial charge >= 0.3 is 189 Å². The van der Waals surface area contributed by atoms with Gasteiger partial charge < -0.3 is 4.90 Å². The Kier molecular flexibility index (Phi) is 19.1. The molecule has 266 valence electrons. The number of nitro benzene ring substituents is 1. The number of nitro groups is 1. The van der Waals surface area contributed by atoms with Crippen molar-refractivity contribution in [2.45, 2.75) is 129 Å². The Morgan fingerprint density at radius 2 is 1.33 bits per heavy atom. The first-order valence-electron chi connectivity index (χ1n) is 18.9. The zero-order valence-electron chi connectivity index (χ0n) is 30.7. The molecule has 1 N–H and O–H groups in total. The molecule has 0 saturated carbocycles. The first-order valence-corrected chi connectivity index (χ1v) is 27.2. The average Bonchev–Trinajstić information content (AvgIpc) is 3.09. The van der Waals surface area contributed by atoms with Crippen LogP contribution in [-0.4, -0.2) is 50.5 Å². The van der Waals surface area contributed by atoms with Crippen LogP contribution in [0.2, 0.25) is 13.3 Å². The molecule has 0 fully saturated rings. The quantitative estimate of drug-likeness (QED) is 0.0287. The van der Waals surface area contributed by atoms with Gasteiger partial charge in [-0.25, -0.2) is 0 Å². The zero-order chi connectivity index (χ0) is 34.6. The molecule has 8 heteroatoms. The van der Waals surface area contributed by atoms with Gasteiger partial charge in [-0.3, -0.25) is 4.72 Å². The number of hydrogen-bond donors (Lipinski definition) is 1. The summed E-state index contributed by atoms with van der Waals surface area (Å²) in [4.78, 5) is 15.7. The number of rotatable bonds is 26. The van der Waals surface area contributed by atoms with Gasteiger partial charge in [-0.2, -0.15) is 0 Å². The third-order valence-corrected chi connectivity index (χ3v) is 26.3. The molecular weight excluding hydrogens is 721 g/mol. The van der Waals surface area contributed by atoms with Crippen molar-refractivity contribution in [2.24, 2.45) is 0 Å². The third kappa shape index (κ3) is 12.7. The van der Waals surface area contributed by atoms with E-state index in [0.717, 1.165) is 42.2 Å². The normalized spacial score (nSPS) is 11.7. The second-order valence-corrected chi connectivity index (χ2v) is 27.8. The molecule has 0 aromatic heterocycles. The van der Waals surface area contributed by atoms with Crippen molar-refractivity contribution < 1.29 is 9.66 Å². The summed E-state index contributed by atoms with van der Waals surface area (Å²) in [5.74, 6) is 0.664. The van der Waals surface area contributed by atoms with E-state index < -0.39 is 18.4 Å². The van der Waals surface area contributed by atoms with Crippen LogP contribution in [0.3, 0.4) is 0 Å². The molecule has 0 aliphatic rings. The van der Waals surface area contributed by atoms with Crippen molar-refractivity contribution in [1.29, 1.82) is 0 Å². The second-order valence-electron chi connectivity index (χ2n) is 13.7. The van der Waals surface area contributed by atoms with Crippen LogP contribution >= 0.6 is 11.9 Å². The van der Waals surface area contributed by atoms with E-state index in [2.05, 4.69) is 87.0 Å². The van der Waals surface area contributed by atoms with E-state index in [4.69, 9.17) is 4.74 Å². The summed E-state index contributed by atoms with van der Waals surface area (Å²) in [6, 6.07) is 19.0. The van der Waals surface area contributed by atoms with Gasteiger partial charge in [0.2, 0.25) is 0 Å². The van der Waals surface area contributed by atoms with E-state index in [9.17, 15) is 10.1 Å². The molecular formula is C40H63N3O3SSn. The maximum absolute atomic E-state index is 12.3. The van der Waals surface area contributed by atoms with Gasteiger partial charge in [0.15, 0.2) is 0 Å². The standard InChI is InChI=1S/C28H36N3O3S.3C4H9.Sn/c1-30(2)27-18-12-17-26-25(27)16-13-19-28(26)35-29-20-9-7-5-3-4-6-8-10-21-34-24-15-11-14-23(22-24)31(32)33;3*1-3-4-2;/h11-13,15-19,22,29H,3-10,20-21H2,1-2H3;3*1,3-4H2,2H3;. The van der Waals surface area contributed by atoms with Crippen LogP contribution in [-0.2, 0) is 0 Å². The zero-order valence-corrected chi connectivity index (χ0v) is 34.3. The molecule has 0 heterocycles. The van der Waals surface area contributed by atoms with Crippen LogP contribution in [0.1, 0.15) is 111 Å². The van der Waals surface area contributed by atoms with Gasteiger partial charge in [0.05, 0.1) is 0 Å². The topological polar surface area (TPSA) is 67.6 Å². The van der Waals surface area contributed by atoms with Crippen molar-refractivity contribution >= 4 is 56.1 Å². The summed E-state index contributed by atoms with van der Waals surface area (Å²) in [6.45, 7) is 8.38. The van der Waals surface area contributed by atoms with Crippen molar-refractivity contribution in [3.05, 3.63) is 64.7 Å². The van der Waals surface area contributed by atoms with Gasteiger partial charge in [0, 0.05) is 36.6 Å². The second kappa shape index (κ2) is 22.7. The fraction of sp³-hybridized carbons (Fsp3) is 0.600. The summed E-state index contributed by atoms with van der Waals surface area (Å²) in [5.41, 5.74) is 1.59. The molecule has 0 radical (unpaired) electrons. The fourth-order valence-corrected chi connectivity index (χ4v) is 24.3. The molecule has 0 saturated heterocycles. The van der Waals surface area contributed by atoms with Crippen molar-refractivity contribution in [1.82, 2.24) is 4.72 Å². The van der Waals surface area contributed by atoms with Crippen molar-refractivity contribution in [3.63, 3.8) is 0 Å². The Balaban J connectivity index is 1.34. The Bertz CT molecular complexity index is 1350. The van der Waals surface area contributed by atoms with Crippen molar-refractivity contribution in [3.8, 4) is 5.75 Å². The number of ether oxygens (including phenoxy) is 1. The minimum atomic E-state index is -2.91.